The third kappa shape index (κ3) is 5.62. The maximum Gasteiger partial charge on any atom is 0.305 e. The fourth-order valence-electron chi connectivity index (χ4n) is 2.91. The van der Waals surface area contributed by atoms with E-state index in [0.29, 0.717) is 43.7 Å². The molecule has 1 saturated heterocycles. The standard InChI is InChI=1S/C19H28N2O5/c1-13(2)6-9-26-16-5-4-14(10-17(16)25-3)12-21-8-7-20-19(24)15(21)11-18(22)23/h4-5,10,13,15H,6-9,11-12H2,1-3H3,(H,20,24)(H,22,23). The predicted molar refractivity (Wildman–Crippen MR) is 97.4 cm³/mol. The first-order valence-corrected chi connectivity index (χ1v) is 8.94. The quantitative estimate of drug-likeness (QED) is 0.696. The van der Waals surface area contributed by atoms with E-state index in [9.17, 15) is 9.59 Å². The maximum atomic E-state index is 12.0. The Bertz CT molecular complexity index is 632. The fourth-order valence-corrected chi connectivity index (χ4v) is 2.91. The lowest BCUT2D eigenvalue weighted by Gasteiger charge is -2.34. The van der Waals surface area contributed by atoms with Gasteiger partial charge >= 0.3 is 5.97 Å². The van der Waals surface area contributed by atoms with Gasteiger partial charge in [0.05, 0.1) is 20.1 Å². The van der Waals surface area contributed by atoms with Crippen LogP contribution >= 0.6 is 0 Å². The summed E-state index contributed by atoms with van der Waals surface area (Å²) < 4.78 is 11.2. The Balaban J connectivity index is 2.07. The SMILES string of the molecule is COc1cc(CN2CCNC(=O)C2CC(=O)O)ccc1OCCC(C)C. The number of nitrogens with one attached hydrogen (secondary N) is 1. The number of ether oxygens (including phenoxy) is 2. The van der Waals surface area contributed by atoms with E-state index in [1.165, 1.54) is 0 Å². The number of carbonyl (C=O) groups excluding carboxylic acids is 1. The number of methoxy groups -OCH3 is 1. The Morgan fingerprint density at radius 3 is 2.81 bits per heavy atom. The van der Waals surface area contributed by atoms with E-state index in [1.807, 2.05) is 23.1 Å². The number of piperazine rings is 1. The van der Waals surface area contributed by atoms with Gasteiger partial charge in [-0.2, -0.15) is 0 Å². The normalized spacial score (nSPS) is 17.8. The third-order valence-corrected chi connectivity index (χ3v) is 4.38. The summed E-state index contributed by atoms with van der Waals surface area (Å²) in [7, 11) is 1.59. The molecule has 1 amide bonds. The smallest absolute Gasteiger partial charge is 0.305 e. The van der Waals surface area contributed by atoms with Gasteiger partial charge in [0, 0.05) is 19.6 Å². The second kappa shape index (κ2) is 9.43. The van der Waals surface area contributed by atoms with Crippen LogP contribution in [0, 0.1) is 5.92 Å². The van der Waals surface area contributed by atoms with Crippen molar-refractivity contribution < 1.29 is 24.2 Å². The van der Waals surface area contributed by atoms with Gasteiger partial charge in [-0.3, -0.25) is 14.5 Å². The molecule has 1 aliphatic rings. The topological polar surface area (TPSA) is 88.1 Å². The number of carbonyl (C=O) groups is 2. The van der Waals surface area contributed by atoms with Crippen molar-refractivity contribution in [2.75, 3.05) is 26.8 Å². The van der Waals surface area contributed by atoms with Gasteiger partial charge in [0.1, 0.15) is 6.04 Å². The van der Waals surface area contributed by atoms with Crippen LogP contribution in [0.2, 0.25) is 0 Å². The van der Waals surface area contributed by atoms with E-state index in [2.05, 4.69) is 19.2 Å². The lowest BCUT2D eigenvalue weighted by molar-refractivity contribution is -0.143. The molecule has 26 heavy (non-hydrogen) atoms. The largest absolute Gasteiger partial charge is 0.493 e. The molecule has 0 radical (unpaired) electrons. The molecule has 1 heterocycles. The second-order valence-corrected chi connectivity index (χ2v) is 6.89. The zero-order valence-corrected chi connectivity index (χ0v) is 15.7. The molecule has 1 aliphatic heterocycles. The minimum Gasteiger partial charge on any atom is -0.493 e. The van der Waals surface area contributed by atoms with Gasteiger partial charge in [0.2, 0.25) is 5.91 Å². The van der Waals surface area contributed by atoms with Crippen LogP contribution in [0.15, 0.2) is 18.2 Å². The molecule has 7 heteroatoms. The summed E-state index contributed by atoms with van der Waals surface area (Å²) in [6.45, 7) is 6.52. The highest BCUT2D eigenvalue weighted by Gasteiger charge is 2.31. The Kier molecular flexibility index (Phi) is 7.26. The highest BCUT2D eigenvalue weighted by atomic mass is 16.5. The van der Waals surface area contributed by atoms with Crippen molar-refractivity contribution in [3.63, 3.8) is 0 Å². The van der Waals surface area contributed by atoms with Crippen molar-refractivity contribution in [3.8, 4) is 11.5 Å². The molecular weight excluding hydrogens is 336 g/mol. The molecule has 7 nitrogen and oxygen atoms in total. The molecular formula is C19H28N2O5. The first-order valence-electron chi connectivity index (χ1n) is 8.94. The average Bonchev–Trinajstić information content (AvgIpc) is 2.58. The number of carboxylic acids is 1. The van der Waals surface area contributed by atoms with Gasteiger partial charge in [-0.1, -0.05) is 19.9 Å². The highest BCUT2D eigenvalue weighted by molar-refractivity contribution is 5.86. The highest BCUT2D eigenvalue weighted by Crippen LogP contribution is 2.29. The molecule has 1 fully saturated rings. The summed E-state index contributed by atoms with van der Waals surface area (Å²) in [5, 5.41) is 11.8. The van der Waals surface area contributed by atoms with Crippen molar-refractivity contribution in [2.45, 2.75) is 39.3 Å². The Morgan fingerprint density at radius 2 is 2.15 bits per heavy atom. The molecule has 144 valence electrons. The van der Waals surface area contributed by atoms with Crippen LogP contribution in [-0.2, 0) is 16.1 Å². The number of benzene rings is 1. The van der Waals surface area contributed by atoms with Crippen LogP contribution in [0.1, 0.15) is 32.3 Å². The average molecular weight is 364 g/mol. The maximum absolute atomic E-state index is 12.0. The lowest BCUT2D eigenvalue weighted by Crippen LogP contribution is -2.55. The number of aliphatic carboxylic acids is 1. The molecule has 0 spiro atoms. The minimum atomic E-state index is -0.983. The second-order valence-electron chi connectivity index (χ2n) is 6.89. The molecule has 1 aromatic rings. The van der Waals surface area contributed by atoms with Crippen LogP contribution in [0.3, 0.4) is 0 Å². The van der Waals surface area contributed by atoms with Crippen molar-refractivity contribution in [2.24, 2.45) is 5.92 Å². The van der Waals surface area contributed by atoms with Gasteiger partial charge < -0.3 is 19.9 Å². The van der Waals surface area contributed by atoms with Crippen LogP contribution in [0.5, 0.6) is 11.5 Å². The van der Waals surface area contributed by atoms with E-state index in [1.54, 1.807) is 7.11 Å². The third-order valence-electron chi connectivity index (χ3n) is 4.38. The molecule has 1 unspecified atom stereocenters. The molecule has 0 saturated carbocycles. The summed E-state index contributed by atoms with van der Waals surface area (Å²) in [4.78, 5) is 25.0. The molecule has 0 aromatic heterocycles. The fraction of sp³-hybridized carbons (Fsp3) is 0.579. The van der Waals surface area contributed by atoms with Gasteiger partial charge in [0.15, 0.2) is 11.5 Å². The Labute approximate surface area is 154 Å². The summed E-state index contributed by atoms with van der Waals surface area (Å²) >= 11 is 0. The molecule has 2 N–H and O–H groups in total. The van der Waals surface area contributed by atoms with E-state index >= 15 is 0 Å². The number of hydrogen-bond donors (Lipinski definition) is 2. The van der Waals surface area contributed by atoms with Gasteiger partial charge in [-0.15, -0.1) is 0 Å². The number of hydrogen-bond acceptors (Lipinski definition) is 5. The summed E-state index contributed by atoms with van der Waals surface area (Å²) in [5.74, 6) is 0.678. The number of amides is 1. The van der Waals surface area contributed by atoms with Crippen molar-refractivity contribution in [1.29, 1.82) is 0 Å². The summed E-state index contributed by atoms with van der Waals surface area (Å²) in [5.41, 5.74) is 0.947. The Hall–Kier alpha value is -2.28. The van der Waals surface area contributed by atoms with E-state index in [4.69, 9.17) is 14.6 Å². The van der Waals surface area contributed by atoms with Crippen LogP contribution in [-0.4, -0.2) is 54.7 Å². The van der Waals surface area contributed by atoms with E-state index < -0.39 is 12.0 Å². The first kappa shape index (κ1) is 20.0. The van der Waals surface area contributed by atoms with Gasteiger partial charge in [0.25, 0.3) is 0 Å². The lowest BCUT2D eigenvalue weighted by atomic mass is 10.1. The molecule has 1 atom stereocenters. The zero-order chi connectivity index (χ0) is 19.1. The van der Waals surface area contributed by atoms with Crippen molar-refractivity contribution in [1.82, 2.24) is 10.2 Å². The van der Waals surface area contributed by atoms with Crippen LogP contribution < -0.4 is 14.8 Å². The van der Waals surface area contributed by atoms with Crippen molar-refractivity contribution >= 4 is 11.9 Å². The van der Waals surface area contributed by atoms with E-state index in [-0.39, 0.29) is 12.3 Å². The Morgan fingerprint density at radius 1 is 1.38 bits per heavy atom. The number of nitrogens with zero attached hydrogens (tertiary/aromatic N) is 1. The minimum absolute atomic E-state index is 0.209. The molecule has 2 rings (SSSR count). The molecule has 1 aromatic carbocycles. The first-order chi connectivity index (χ1) is 12.4. The molecule has 0 bridgehead atoms. The van der Waals surface area contributed by atoms with Crippen molar-refractivity contribution in [3.05, 3.63) is 23.8 Å². The van der Waals surface area contributed by atoms with E-state index in [0.717, 1.165) is 12.0 Å². The predicted octanol–water partition coefficient (Wildman–Crippen LogP) is 1.90. The summed E-state index contributed by atoms with van der Waals surface area (Å²) in [6, 6.07) is 5.02. The van der Waals surface area contributed by atoms with Crippen LogP contribution in [0.4, 0.5) is 0 Å². The number of rotatable bonds is 9. The number of carboxylic acid groups (broad SMARTS) is 1. The summed E-state index contributed by atoms with van der Waals surface area (Å²) in [6.07, 6.45) is 0.754. The van der Waals surface area contributed by atoms with Gasteiger partial charge in [-0.05, 0) is 30.0 Å². The monoisotopic (exact) mass is 364 g/mol. The van der Waals surface area contributed by atoms with Gasteiger partial charge in [-0.25, -0.2) is 0 Å². The zero-order valence-electron chi connectivity index (χ0n) is 15.7. The molecule has 0 aliphatic carbocycles. The van der Waals surface area contributed by atoms with Crippen LogP contribution in [0.25, 0.3) is 0 Å².